The number of hydrogen-bond donors (Lipinski definition) is 2. The van der Waals surface area contributed by atoms with Gasteiger partial charge in [0.05, 0.1) is 44.9 Å². The van der Waals surface area contributed by atoms with Crippen LogP contribution >= 0.6 is 11.3 Å². The first kappa shape index (κ1) is 36.7. The summed E-state index contributed by atoms with van der Waals surface area (Å²) in [5.74, 6) is -3.25. The second kappa shape index (κ2) is 13.8. The van der Waals surface area contributed by atoms with Crippen molar-refractivity contribution in [3.8, 4) is 27.9 Å². The third kappa shape index (κ3) is 6.91. The summed E-state index contributed by atoms with van der Waals surface area (Å²) < 4.78 is 97.9. The van der Waals surface area contributed by atoms with Crippen LogP contribution in [-0.4, -0.2) is 85.5 Å². The van der Waals surface area contributed by atoms with E-state index in [-0.39, 0.29) is 52.3 Å². The van der Waals surface area contributed by atoms with Gasteiger partial charge in [-0.3, -0.25) is 9.62 Å². The number of rotatable bonds is 9. The Bertz CT molecular complexity index is 2340. The van der Waals surface area contributed by atoms with E-state index >= 15 is 4.39 Å². The average Bonchev–Trinajstić information content (AvgIpc) is 3.66. The largest absolute Gasteiger partial charge is 0.351 e. The van der Waals surface area contributed by atoms with E-state index in [1.54, 1.807) is 12.3 Å². The summed E-state index contributed by atoms with van der Waals surface area (Å²) in [5.41, 5.74) is -0.250. The van der Waals surface area contributed by atoms with Crippen LogP contribution in [0.4, 0.5) is 29.9 Å². The number of nitrogens with one attached hydrogen (secondary N) is 2. The molecule has 284 valence electrons. The van der Waals surface area contributed by atoms with Gasteiger partial charge in [0.15, 0.2) is 15.8 Å². The molecule has 3 saturated heterocycles. The van der Waals surface area contributed by atoms with Crippen LogP contribution in [0.5, 0.6) is 0 Å². The molecule has 1 aliphatic carbocycles. The second-order valence-electron chi connectivity index (χ2n) is 14.8. The highest BCUT2D eigenvalue weighted by Crippen LogP contribution is 2.48. The van der Waals surface area contributed by atoms with E-state index in [0.29, 0.717) is 34.6 Å². The van der Waals surface area contributed by atoms with E-state index in [1.807, 2.05) is 11.6 Å². The van der Waals surface area contributed by atoms with Crippen molar-refractivity contribution in [3.05, 3.63) is 66.1 Å². The number of halogens is 3. The van der Waals surface area contributed by atoms with Gasteiger partial charge in [-0.25, -0.2) is 45.0 Å². The van der Waals surface area contributed by atoms with Crippen LogP contribution in [0.15, 0.2) is 53.6 Å². The number of nitrogens with zero attached hydrogens (tertiary/aromatic N) is 6. The lowest BCUT2D eigenvalue weighted by Gasteiger charge is -2.51. The lowest BCUT2D eigenvalue weighted by Crippen LogP contribution is -2.60. The number of benzene rings is 2. The molecule has 0 radical (unpaired) electrons. The van der Waals surface area contributed by atoms with E-state index in [9.17, 15) is 30.9 Å². The maximum absolute atomic E-state index is 16.6. The Kier molecular flexibility index (Phi) is 9.34. The quantitative estimate of drug-likeness (QED) is 0.210. The molecular formula is C36H37F3N8O4S3. The molecular weight excluding hydrogens is 762 g/mol. The fourth-order valence-electron chi connectivity index (χ4n) is 8.15. The Labute approximate surface area is 315 Å². The highest BCUT2D eigenvalue weighted by atomic mass is 32.2. The molecule has 1 saturated carbocycles. The van der Waals surface area contributed by atoms with Crippen molar-refractivity contribution in [2.24, 2.45) is 5.41 Å². The predicted molar refractivity (Wildman–Crippen MR) is 199 cm³/mol. The smallest absolute Gasteiger partial charge is 0.267 e. The number of thiazole rings is 1. The number of aromatic nitrogens is 3. The molecule has 2 aromatic carbocycles. The van der Waals surface area contributed by atoms with Gasteiger partial charge >= 0.3 is 0 Å². The molecule has 4 aromatic rings. The second-order valence-corrected chi connectivity index (χ2v) is 19.7. The summed E-state index contributed by atoms with van der Waals surface area (Å²) in [6, 6.07) is 11.2. The third-order valence-electron chi connectivity index (χ3n) is 11.0. The van der Waals surface area contributed by atoms with Gasteiger partial charge in [-0.15, -0.1) is 0 Å². The number of likely N-dealkylation sites (tertiary alicyclic amines) is 1. The Hall–Kier alpha value is -4.31. The molecule has 8 rings (SSSR count). The van der Waals surface area contributed by atoms with Crippen LogP contribution in [0, 0.1) is 34.2 Å². The summed E-state index contributed by atoms with van der Waals surface area (Å²) in [6.07, 6.45) is 5.89. The minimum atomic E-state index is -4.88. The van der Waals surface area contributed by atoms with Gasteiger partial charge in [-0.2, -0.15) is 5.26 Å². The van der Waals surface area contributed by atoms with Crippen LogP contribution in [-0.2, 0) is 19.9 Å². The van der Waals surface area contributed by atoms with E-state index in [4.69, 9.17) is 9.97 Å². The molecule has 4 fully saturated rings. The first-order valence-electron chi connectivity index (χ1n) is 17.7. The van der Waals surface area contributed by atoms with Crippen molar-refractivity contribution >= 4 is 48.0 Å². The zero-order valence-corrected chi connectivity index (χ0v) is 31.6. The molecule has 18 heteroatoms. The molecule has 0 amide bonds. The first-order valence-corrected chi connectivity index (χ1v) is 21.9. The van der Waals surface area contributed by atoms with E-state index in [0.717, 1.165) is 63.0 Å². The summed E-state index contributed by atoms with van der Waals surface area (Å²) in [5, 5.41) is 13.4. The molecule has 0 spiro atoms. The van der Waals surface area contributed by atoms with Crippen molar-refractivity contribution in [3.63, 3.8) is 0 Å². The molecule has 4 aliphatic rings. The van der Waals surface area contributed by atoms with Gasteiger partial charge in [0, 0.05) is 49.0 Å². The fraction of sp³-hybridized carbons (Fsp3) is 0.444. The lowest BCUT2D eigenvalue weighted by atomic mass is 9.67. The molecule has 12 nitrogen and oxygen atoms in total. The molecule has 5 heterocycles. The van der Waals surface area contributed by atoms with Crippen LogP contribution < -0.4 is 14.9 Å². The molecule has 2 aromatic heterocycles. The Morgan fingerprint density at radius 3 is 2.28 bits per heavy atom. The predicted octanol–water partition coefficient (Wildman–Crippen LogP) is 5.82. The standard InChI is InChI=1S/C36H37F3N8O4S3/c1-36(20-40)16-24(17-36)46-18-22-8-9-23(19-46)47(22)35-44-31(32(52-35)29-10-13-41-34(43-29)42-21-11-14-53(48,49)15-12-21)25-4-2-7-28(30(25)39)45-54(50,51)33-26(37)5-3-6-27(33)38/h2-7,10,13,21-24,45H,8-9,11-12,14-19H2,1H3,(H,41,42,43). The van der Waals surface area contributed by atoms with Crippen molar-refractivity contribution in [2.75, 3.05) is 39.5 Å². The summed E-state index contributed by atoms with van der Waals surface area (Å²) in [6.45, 7) is 3.59. The fourth-order valence-corrected chi connectivity index (χ4v) is 12.0. The van der Waals surface area contributed by atoms with E-state index in [2.05, 4.69) is 26.2 Å². The number of sulfone groups is 1. The van der Waals surface area contributed by atoms with Crippen molar-refractivity contribution in [1.29, 1.82) is 5.26 Å². The van der Waals surface area contributed by atoms with Crippen molar-refractivity contribution < 1.29 is 30.0 Å². The Morgan fingerprint density at radius 1 is 0.944 bits per heavy atom. The minimum absolute atomic E-state index is 0.0523. The monoisotopic (exact) mass is 798 g/mol. The van der Waals surface area contributed by atoms with Crippen LogP contribution in [0.3, 0.4) is 0 Å². The van der Waals surface area contributed by atoms with Gasteiger partial charge < -0.3 is 10.2 Å². The van der Waals surface area contributed by atoms with Crippen molar-refractivity contribution in [2.45, 2.75) is 74.5 Å². The Balaban J connectivity index is 1.15. The topological polar surface area (TPSA) is 161 Å². The summed E-state index contributed by atoms with van der Waals surface area (Å²) >= 11 is 1.33. The lowest BCUT2D eigenvalue weighted by molar-refractivity contribution is 0.0340. The number of sulfonamides is 1. The van der Waals surface area contributed by atoms with Gasteiger partial charge in [-0.05, 0) is 75.8 Å². The number of hydrogen-bond acceptors (Lipinski definition) is 12. The molecule has 2 bridgehead atoms. The van der Waals surface area contributed by atoms with Crippen LogP contribution in [0.1, 0.15) is 45.4 Å². The van der Waals surface area contributed by atoms with Gasteiger partial charge in [0.2, 0.25) is 5.95 Å². The maximum Gasteiger partial charge on any atom is 0.267 e. The van der Waals surface area contributed by atoms with Crippen LogP contribution in [0.25, 0.3) is 21.8 Å². The van der Waals surface area contributed by atoms with Gasteiger partial charge in [0.25, 0.3) is 10.0 Å². The maximum atomic E-state index is 16.6. The molecule has 2 N–H and O–H groups in total. The summed E-state index contributed by atoms with van der Waals surface area (Å²) in [4.78, 5) is 18.1. The molecule has 2 atom stereocenters. The van der Waals surface area contributed by atoms with Gasteiger partial charge in [0.1, 0.15) is 21.5 Å². The number of anilines is 3. The zero-order valence-electron chi connectivity index (χ0n) is 29.2. The summed E-state index contributed by atoms with van der Waals surface area (Å²) in [7, 11) is -7.96. The normalized spacial score (nSPS) is 25.5. The van der Waals surface area contributed by atoms with Crippen LogP contribution in [0.2, 0.25) is 0 Å². The zero-order chi connectivity index (χ0) is 38.0. The highest BCUT2D eigenvalue weighted by Gasteiger charge is 2.49. The third-order valence-corrected chi connectivity index (χ3v) is 15.2. The minimum Gasteiger partial charge on any atom is -0.351 e. The van der Waals surface area contributed by atoms with Gasteiger partial charge in [-0.1, -0.05) is 23.5 Å². The molecule has 54 heavy (non-hydrogen) atoms. The SMILES string of the molecule is CC1(C#N)CC(N2CC3CCC(C2)N3c2nc(-c3cccc(NS(=O)(=O)c4c(F)cccc4F)c3F)c(-c3ccnc(NC4CCS(=O)(=O)CC4)n3)s2)C1. The molecule has 3 aliphatic heterocycles. The number of nitriles is 1. The average molecular weight is 799 g/mol. The van der Waals surface area contributed by atoms with E-state index in [1.165, 1.54) is 23.5 Å². The number of fused-ring (bicyclic) bond motifs is 2. The van der Waals surface area contributed by atoms with Crippen molar-refractivity contribution in [1.82, 2.24) is 19.9 Å². The molecule has 2 unspecified atom stereocenters. The number of piperazine rings is 1. The first-order chi connectivity index (χ1) is 25.7. The Morgan fingerprint density at radius 2 is 1.61 bits per heavy atom. The highest BCUT2D eigenvalue weighted by molar-refractivity contribution is 7.92. The van der Waals surface area contributed by atoms with E-state index < -0.39 is 47.9 Å².